The number of hydrogen-bond donors (Lipinski definition) is 2. The zero-order valence-electron chi connectivity index (χ0n) is 20.5. The van der Waals surface area contributed by atoms with Crippen LogP contribution in [0.5, 0.6) is 0 Å². The summed E-state index contributed by atoms with van der Waals surface area (Å²) in [6.07, 6.45) is -2.82. The summed E-state index contributed by atoms with van der Waals surface area (Å²) in [5, 5.41) is 10.6. The van der Waals surface area contributed by atoms with Crippen LogP contribution in [0.3, 0.4) is 0 Å². The molecule has 1 aliphatic carbocycles. The first kappa shape index (κ1) is 28.3. The van der Waals surface area contributed by atoms with E-state index >= 15 is 13.2 Å². The molecule has 1 aromatic carbocycles. The van der Waals surface area contributed by atoms with Crippen molar-refractivity contribution in [3.8, 4) is 11.3 Å². The van der Waals surface area contributed by atoms with E-state index in [0.29, 0.717) is 15.6 Å². The van der Waals surface area contributed by atoms with Crippen LogP contribution in [0.1, 0.15) is 36.9 Å². The van der Waals surface area contributed by atoms with Crippen LogP contribution < -0.4 is 4.72 Å². The third-order valence-electron chi connectivity index (χ3n) is 7.00. The van der Waals surface area contributed by atoms with Crippen LogP contribution in [0, 0.1) is 5.82 Å². The van der Waals surface area contributed by atoms with Crippen molar-refractivity contribution in [1.82, 2.24) is 18.9 Å². The molecule has 1 aromatic heterocycles. The lowest BCUT2D eigenvalue weighted by Gasteiger charge is -2.40. The zero-order valence-corrected chi connectivity index (χ0v) is 21.4. The molecule has 0 radical (unpaired) electrons. The SMILES string of the molecule is CN(C)S(=O)(=O)N[C@@H]1[C@H](Cc2cccc(-c3cccc(C(F)F)n3)c2F)N(C(=O)C2(O)CCC2)CC1(F)F. The number of aliphatic hydroxyl groups is 1. The number of rotatable bonds is 8. The van der Waals surface area contributed by atoms with Gasteiger partial charge in [0.25, 0.3) is 28.5 Å². The van der Waals surface area contributed by atoms with Gasteiger partial charge < -0.3 is 10.0 Å². The Kier molecular flexibility index (Phi) is 7.55. The van der Waals surface area contributed by atoms with Gasteiger partial charge in [-0.1, -0.05) is 18.2 Å². The molecule has 0 unspecified atom stereocenters. The van der Waals surface area contributed by atoms with Gasteiger partial charge in [-0.25, -0.2) is 26.9 Å². The molecule has 0 bridgehead atoms. The number of likely N-dealkylation sites (tertiary alicyclic amines) is 1. The fourth-order valence-electron chi connectivity index (χ4n) is 4.66. The summed E-state index contributed by atoms with van der Waals surface area (Å²) in [6.45, 7) is -1.18. The highest BCUT2D eigenvalue weighted by Gasteiger charge is 2.60. The maximum Gasteiger partial charge on any atom is 0.283 e. The molecule has 38 heavy (non-hydrogen) atoms. The average molecular weight is 563 g/mol. The lowest BCUT2D eigenvalue weighted by Crippen LogP contribution is -2.58. The summed E-state index contributed by atoms with van der Waals surface area (Å²) in [4.78, 5) is 17.6. The number of alkyl halides is 4. The van der Waals surface area contributed by atoms with E-state index in [9.17, 15) is 27.1 Å². The molecule has 2 fully saturated rings. The van der Waals surface area contributed by atoms with Crippen molar-refractivity contribution < 1.29 is 40.3 Å². The highest BCUT2D eigenvalue weighted by molar-refractivity contribution is 7.87. The van der Waals surface area contributed by atoms with Gasteiger partial charge >= 0.3 is 0 Å². The van der Waals surface area contributed by atoms with Gasteiger partial charge in [0.1, 0.15) is 23.2 Å². The van der Waals surface area contributed by atoms with Crippen molar-refractivity contribution in [2.45, 2.75) is 55.7 Å². The van der Waals surface area contributed by atoms with Crippen LogP contribution in [0.15, 0.2) is 36.4 Å². The molecule has 8 nitrogen and oxygen atoms in total. The minimum absolute atomic E-state index is 0.0602. The predicted molar refractivity (Wildman–Crippen MR) is 127 cm³/mol. The molecular weight excluding hydrogens is 535 g/mol. The number of amides is 1. The Labute approximate surface area is 216 Å². The summed E-state index contributed by atoms with van der Waals surface area (Å²) < 4.78 is 100.0. The fraction of sp³-hybridized carbons (Fsp3) is 0.500. The second kappa shape index (κ2) is 10.1. The Morgan fingerprint density at radius 3 is 2.45 bits per heavy atom. The fourth-order valence-corrected chi connectivity index (χ4v) is 5.52. The van der Waals surface area contributed by atoms with Gasteiger partial charge in [-0.15, -0.1) is 0 Å². The Hall–Kier alpha value is -2.68. The second-order valence-electron chi connectivity index (χ2n) is 9.76. The Bertz CT molecular complexity index is 1320. The van der Waals surface area contributed by atoms with Gasteiger partial charge in [0, 0.05) is 19.7 Å². The minimum atomic E-state index is -4.40. The van der Waals surface area contributed by atoms with Gasteiger partial charge in [-0.2, -0.15) is 17.4 Å². The quantitative estimate of drug-likeness (QED) is 0.482. The number of aromatic nitrogens is 1. The molecule has 1 amide bonds. The molecule has 2 aromatic rings. The van der Waals surface area contributed by atoms with Crippen molar-refractivity contribution in [2.24, 2.45) is 0 Å². The Morgan fingerprint density at radius 2 is 1.87 bits per heavy atom. The van der Waals surface area contributed by atoms with Crippen LogP contribution >= 0.6 is 0 Å². The lowest BCUT2D eigenvalue weighted by atomic mass is 9.79. The number of hydrogen-bond acceptors (Lipinski definition) is 5. The molecule has 2 aliphatic rings. The number of pyridine rings is 1. The molecule has 1 saturated heterocycles. The maximum atomic E-state index is 15.7. The van der Waals surface area contributed by atoms with Crippen LogP contribution in [0.25, 0.3) is 11.3 Å². The molecule has 2 N–H and O–H groups in total. The summed E-state index contributed by atoms with van der Waals surface area (Å²) in [6, 6.07) is 3.89. The van der Waals surface area contributed by atoms with Crippen molar-refractivity contribution in [1.29, 1.82) is 0 Å². The monoisotopic (exact) mass is 562 g/mol. The van der Waals surface area contributed by atoms with E-state index in [1.165, 1.54) is 30.3 Å². The molecule has 208 valence electrons. The first-order chi connectivity index (χ1) is 17.7. The highest BCUT2D eigenvalue weighted by Crippen LogP contribution is 2.41. The first-order valence-corrected chi connectivity index (χ1v) is 13.2. The standard InChI is InChI=1S/C24H27F5N4O4S/c1-32(2)38(36,37)31-20-18(33(13-24(20,28)29)22(34)23(35)10-5-11-23)12-14-6-3-7-15(19(14)25)16-8-4-9-17(30-16)21(26)27/h3-4,6-9,18,20-21,31,35H,5,10-13H2,1-2H3/t18-,20+/m0/s1. The largest absolute Gasteiger partial charge is 0.380 e. The molecule has 14 heteroatoms. The van der Waals surface area contributed by atoms with Gasteiger partial charge in [0.05, 0.1) is 18.3 Å². The summed E-state index contributed by atoms with van der Waals surface area (Å²) >= 11 is 0. The topological polar surface area (TPSA) is 103 Å². The zero-order chi connectivity index (χ0) is 28.0. The summed E-state index contributed by atoms with van der Waals surface area (Å²) in [5.74, 6) is -5.67. The van der Waals surface area contributed by atoms with E-state index in [2.05, 4.69) is 4.98 Å². The Morgan fingerprint density at radius 1 is 1.21 bits per heavy atom. The van der Waals surface area contributed by atoms with Gasteiger partial charge in [0.15, 0.2) is 0 Å². The second-order valence-corrected chi connectivity index (χ2v) is 11.7. The van der Waals surface area contributed by atoms with Gasteiger partial charge in [-0.05, 0) is 49.4 Å². The average Bonchev–Trinajstić information content (AvgIpc) is 3.07. The van der Waals surface area contributed by atoms with E-state index in [4.69, 9.17) is 0 Å². The number of halogens is 5. The van der Waals surface area contributed by atoms with E-state index in [1.54, 1.807) is 0 Å². The molecular formula is C24H27F5N4O4S. The van der Waals surface area contributed by atoms with Gasteiger partial charge in [-0.3, -0.25) is 4.79 Å². The van der Waals surface area contributed by atoms with Crippen molar-refractivity contribution in [3.05, 3.63) is 53.5 Å². The molecule has 0 spiro atoms. The summed E-state index contributed by atoms with van der Waals surface area (Å²) in [7, 11) is -2.13. The number of nitrogens with one attached hydrogen (secondary N) is 1. The van der Waals surface area contributed by atoms with Crippen molar-refractivity contribution in [2.75, 3.05) is 20.6 Å². The maximum absolute atomic E-state index is 15.7. The van der Waals surface area contributed by atoms with Crippen LogP contribution in [0.4, 0.5) is 22.0 Å². The van der Waals surface area contributed by atoms with E-state index in [-0.39, 0.29) is 29.7 Å². The third-order valence-corrected chi connectivity index (χ3v) is 8.51. The smallest absolute Gasteiger partial charge is 0.283 e. The van der Waals surface area contributed by atoms with Crippen LogP contribution in [0.2, 0.25) is 0 Å². The molecule has 4 rings (SSSR count). The van der Waals surface area contributed by atoms with Crippen LogP contribution in [-0.4, -0.2) is 77.9 Å². The number of carbonyl (C=O) groups is 1. The molecule has 1 saturated carbocycles. The predicted octanol–water partition coefficient (Wildman–Crippen LogP) is 2.89. The number of benzene rings is 1. The van der Waals surface area contributed by atoms with Crippen molar-refractivity contribution >= 4 is 16.1 Å². The van der Waals surface area contributed by atoms with E-state index in [0.717, 1.165) is 20.2 Å². The molecule has 2 heterocycles. The molecule has 2 atom stereocenters. The highest BCUT2D eigenvalue weighted by atomic mass is 32.2. The van der Waals surface area contributed by atoms with E-state index in [1.807, 2.05) is 4.72 Å². The first-order valence-electron chi connectivity index (χ1n) is 11.8. The normalized spacial score (nSPS) is 22.6. The van der Waals surface area contributed by atoms with Crippen LogP contribution in [-0.2, 0) is 21.4 Å². The van der Waals surface area contributed by atoms with Crippen molar-refractivity contribution in [3.63, 3.8) is 0 Å². The number of nitrogens with zero attached hydrogens (tertiary/aromatic N) is 3. The minimum Gasteiger partial charge on any atom is -0.380 e. The Balaban J connectivity index is 1.75. The van der Waals surface area contributed by atoms with Gasteiger partial charge in [0.2, 0.25) is 0 Å². The molecule has 1 aliphatic heterocycles. The third kappa shape index (κ3) is 5.26. The number of carbonyl (C=O) groups excluding carboxylic acids is 1. The van der Waals surface area contributed by atoms with E-state index < -0.39 is 70.6 Å². The summed E-state index contributed by atoms with van der Waals surface area (Å²) in [5.41, 5.74) is -2.88. The lowest BCUT2D eigenvalue weighted by molar-refractivity contribution is -0.162.